The molecule has 1 amide bonds. The highest BCUT2D eigenvalue weighted by atomic mass is 32.1. The molecule has 0 saturated heterocycles. The summed E-state index contributed by atoms with van der Waals surface area (Å²) in [5.74, 6) is -0.744. The van der Waals surface area contributed by atoms with Crippen molar-refractivity contribution in [2.75, 3.05) is 5.32 Å². The highest BCUT2D eigenvalue weighted by Crippen LogP contribution is 2.20. The molecule has 2 N–H and O–H groups in total. The Bertz CT molecular complexity index is 685. The van der Waals surface area contributed by atoms with Gasteiger partial charge in [-0.25, -0.2) is 4.79 Å². The lowest BCUT2D eigenvalue weighted by Crippen LogP contribution is -2.14. The normalized spacial score (nSPS) is 10.9. The third-order valence-corrected chi connectivity index (χ3v) is 3.48. The fourth-order valence-electron chi connectivity index (χ4n) is 1.70. The lowest BCUT2D eigenvalue weighted by atomic mass is 10.2. The zero-order valence-corrected chi connectivity index (χ0v) is 11.8. The van der Waals surface area contributed by atoms with Crippen LogP contribution in [0, 0.1) is 6.92 Å². The monoisotopic (exact) mass is 291 g/mol. The largest absolute Gasteiger partial charge is 0.478 e. The second-order valence-electron chi connectivity index (χ2n) is 4.13. The summed E-state index contributed by atoms with van der Waals surface area (Å²) in [5, 5.41) is 17.3. The summed E-state index contributed by atoms with van der Waals surface area (Å²) in [6.45, 7) is 1.84. The molecule has 2 heterocycles. The Kier molecular flexibility index (Phi) is 3.99. The Morgan fingerprint density at radius 2 is 2.25 bits per heavy atom. The maximum Gasteiger partial charge on any atom is 0.328 e. The van der Waals surface area contributed by atoms with Crippen molar-refractivity contribution in [1.82, 2.24) is 9.78 Å². The molecule has 0 aliphatic carbocycles. The van der Waals surface area contributed by atoms with Gasteiger partial charge in [-0.15, -0.1) is 11.3 Å². The van der Waals surface area contributed by atoms with Gasteiger partial charge >= 0.3 is 5.97 Å². The molecule has 2 aromatic heterocycles. The fraction of sp³-hybridized carbons (Fsp3) is 0.154. The van der Waals surface area contributed by atoms with Gasteiger partial charge in [-0.1, -0.05) is 0 Å². The van der Waals surface area contributed by atoms with Crippen molar-refractivity contribution in [3.8, 4) is 0 Å². The fourth-order valence-corrected chi connectivity index (χ4v) is 2.48. The third kappa shape index (κ3) is 3.12. The van der Waals surface area contributed by atoms with Crippen molar-refractivity contribution < 1.29 is 14.7 Å². The van der Waals surface area contributed by atoms with E-state index in [1.807, 2.05) is 6.92 Å². The van der Waals surface area contributed by atoms with Crippen LogP contribution in [-0.4, -0.2) is 26.8 Å². The number of nitrogens with zero attached hydrogens (tertiary/aromatic N) is 2. The molecular weight excluding hydrogens is 278 g/mol. The number of aromatic nitrogens is 2. The number of hydrogen-bond acceptors (Lipinski definition) is 4. The van der Waals surface area contributed by atoms with Gasteiger partial charge in [0.1, 0.15) is 5.82 Å². The van der Waals surface area contributed by atoms with Crippen molar-refractivity contribution in [3.63, 3.8) is 0 Å². The average Bonchev–Trinajstić information content (AvgIpc) is 2.94. The van der Waals surface area contributed by atoms with Crippen LogP contribution in [-0.2, 0) is 11.8 Å². The first-order valence-electron chi connectivity index (χ1n) is 5.78. The molecule has 104 valence electrons. The highest BCUT2D eigenvalue weighted by molar-refractivity contribution is 7.12. The molecule has 0 atom stereocenters. The lowest BCUT2D eigenvalue weighted by Gasteiger charge is -2.04. The Hall–Kier alpha value is -2.41. The van der Waals surface area contributed by atoms with E-state index in [9.17, 15) is 9.59 Å². The van der Waals surface area contributed by atoms with Crippen LogP contribution in [0.5, 0.6) is 0 Å². The summed E-state index contributed by atoms with van der Waals surface area (Å²) in [5.41, 5.74) is 1.38. The molecule has 2 rings (SSSR count). The number of thiophene rings is 1. The van der Waals surface area contributed by atoms with E-state index >= 15 is 0 Å². The lowest BCUT2D eigenvalue weighted by molar-refractivity contribution is -0.131. The van der Waals surface area contributed by atoms with E-state index in [-0.39, 0.29) is 5.91 Å². The van der Waals surface area contributed by atoms with E-state index in [0.717, 1.165) is 11.8 Å². The van der Waals surface area contributed by atoms with Gasteiger partial charge in [0.05, 0.1) is 10.6 Å². The predicted molar refractivity (Wildman–Crippen MR) is 76.9 cm³/mol. The van der Waals surface area contributed by atoms with Gasteiger partial charge in [-0.2, -0.15) is 5.10 Å². The van der Waals surface area contributed by atoms with E-state index in [1.54, 1.807) is 29.2 Å². The molecule has 0 radical (unpaired) electrons. The molecule has 0 aliphatic heterocycles. The van der Waals surface area contributed by atoms with Gasteiger partial charge in [-0.05, 0) is 30.0 Å². The number of nitrogens with one attached hydrogen (secondary N) is 1. The van der Waals surface area contributed by atoms with Gasteiger partial charge in [0.15, 0.2) is 0 Å². The van der Waals surface area contributed by atoms with Crippen LogP contribution in [0.3, 0.4) is 0 Å². The van der Waals surface area contributed by atoms with Crippen molar-refractivity contribution >= 4 is 35.1 Å². The second-order valence-corrected chi connectivity index (χ2v) is 5.04. The average molecular weight is 291 g/mol. The number of carboxylic acids is 1. The van der Waals surface area contributed by atoms with Crippen LogP contribution in [0.1, 0.15) is 20.9 Å². The van der Waals surface area contributed by atoms with Crippen LogP contribution in [0.4, 0.5) is 5.82 Å². The summed E-state index contributed by atoms with van der Waals surface area (Å²) in [7, 11) is 1.74. The molecule has 0 aliphatic rings. The van der Waals surface area contributed by atoms with Crippen LogP contribution in [0.2, 0.25) is 0 Å². The maximum atomic E-state index is 12.2. The standard InChI is InChI=1S/C13H13N3O3S/c1-8-7-10(16(2)15-8)14-13(19)12-9(5-6-20-12)3-4-11(17)18/h3-7H,1-2H3,(H,14,19)(H,17,18). The van der Waals surface area contributed by atoms with Gasteiger partial charge in [0, 0.05) is 19.2 Å². The van der Waals surface area contributed by atoms with Gasteiger partial charge in [0.25, 0.3) is 5.91 Å². The van der Waals surface area contributed by atoms with Gasteiger partial charge < -0.3 is 10.4 Å². The first-order valence-corrected chi connectivity index (χ1v) is 6.66. The molecular formula is C13H13N3O3S. The Balaban J connectivity index is 2.20. The van der Waals surface area contributed by atoms with Crippen molar-refractivity contribution in [1.29, 1.82) is 0 Å². The number of anilines is 1. The Morgan fingerprint density at radius 1 is 1.50 bits per heavy atom. The smallest absolute Gasteiger partial charge is 0.328 e. The maximum absolute atomic E-state index is 12.2. The number of carbonyl (C=O) groups excluding carboxylic acids is 1. The zero-order valence-electron chi connectivity index (χ0n) is 11.0. The van der Waals surface area contributed by atoms with Gasteiger partial charge in [0.2, 0.25) is 0 Å². The summed E-state index contributed by atoms with van der Waals surface area (Å²) in [6.07, 6.45) is 2.41. The molecule has 0 spiro atoms. The van der Waals surface area contributed by atoms with E-state index in [2.05, 4.69) is 10.4 Å². The predicted octanol–water partition coefficient (Wildman–Crippen LogP) is 2.14. The number of amides is 1. The molecule has 7 heteroatoms. The summed E-state index contributed by atoms with van der Waals surface area (Å²) in [4.78, 5) is 23.2. The number of carbonyl (C=O) groups is 2. The number of aryl methyl sites for hydroxylation is 2. The number of rotatable bonds is 4. The van der Waals surface area contributed by atoms with Gasteiger partial charge in [-0.3, -0.25) is 9.48 Å². The van der Waals surface area contributed by atoms with E-state index in [4.69, 9.17) is 5.11 Å². The molecule has 20 heavy (non-hydrogen) atoms. The SMILES string of the molecule is Cc1cc(NC(=O)c2sccc2C=CC(=O)O)n(C)n1. The first-order chi connectivity index (χ1) is 9.47. The zero-order chi connectivity index (χ0) is 14.7. The number of aliphatic carboxylic acids is 1. The van der Waals surface area contributed by atoms with E-state index in [0.29, 0.717) is 16.3 Å². The van der Waals surface area contributed by atoms with Crippen molar-refractivity contribution in [2.24, 2.45) is 7.05 Å². The van der Waals surface area contributed by atoms with Crippen molar-refractivity contribution in [2.45, 2.75) is 6.92 Å². The molecule has 0 bridgehead atoms. The molecule has 6 nitrogen and oxygen atoms in total. The molecule has 0 fully saturated rings. The summed E-state index contributed by atoms with van der Waals surface area (Å²) in [6, 6.07) is 3.46. The minimum Gasteiger partial charge on any atom is -0.478 e. The minimum atomic E-state index is -1.05. The molecule has 0 aromatic carbocycles. The first kappa shape index (κ1) is 14.0. The molecule has 0 saturated carbocycles. The topological polar surface area (TPSA) is 84.2 Å². The molecule has 0 unspecified atom stereocenters. The highest BCUT2D eigenvalue weighted by Gasteiger charge is 2.14. The van der Waals surface area contributed by atoms with Crippen molar-refractivity contribution in [3.05, 3.63) is 39.7 Å². The molecule has 2 aromatic rings. The third-order valence-electron chi connectivity index (χ3n) is 2.55. The van der Waals surface area contributed by atoms with E-state index in [1.165, 1.54) is 17.4 Å². The quantitative estimate of drug-likeness (QED) is 0.845. The summed E-state index contributed by atoms with van der Waals surface area (Å²) >= 11 is 1.26. The van der Waals surface area contributed by atoms with Crippen LogP contribution in [0.15, 0.2) is 23.6 Å². The number of hydrogen-bond donors (Lipinski definition) is 2. The van der Waals surface area contributed by atoms with Crippen LogP contribution >= 0.6 is 11.3 Å². The van der Waals surface area contributed by atoms with E-state index < -0.39 is 5.97 Å². The Morgan fingerprint density at radius 3 is 2.85 bits per heavy atom. The second kappa shape index (κ2) is 5.70. The van der Waals surface area contributed by atoms with Crippen LogP contribution < -0.4 is 5.32 Å². The Labute approximate surface area is 119 Å². The minimum absolute atomic E-state index is 0.284. The number of carboxylic acid groups (broad SMARTS) is 1. The summed E-state index contributed by atoms with van der Waals surface area (Å²) < 4.78 is 1.58. The van der Waals surface area contributed by atoms with Crippen LogP contribution in [0.25, 0.3) is 6.08 Å².